The number of aryl methyl sites for hydroxylation is 1. The number of aromatic nitrogens is 3. The van der Waals surface area contributed by atoms with Gasteiger partial charge in [-0.05, 0) is 26.0 Å². The van der Waals surface area contributed by atoms with E-state index in [1.807, 2.05) is 5.43 Å². The van der Waals surface area contributed by atoms with Gasteiger partial charge in [0.25, 0.3) is 5.91 Å². The number of carbonyl (C=O) groups is 1. The first-order chi connectivity index (χ1) is 15.2. The van der Waals surface area contributed by atoms with Crippen LogP contribution in [0.5, 0.6) is 5.75 Å². The van der Waals surface area contributed by atoms with Gasteiger partial charge in [-0.2, -0.15) is 31.4 Å². The molecule has 8 nitrogen and oxygen atoms in total. The van der Waals surface area contributed by atoms with E-state index in [0.29, 0.717) is 13.0 Å². The van der Waals surface area contributed by atoms with Crippen molar-refractivity contribution in [2.75, 3.05) is 0 Å². The van der Waals surface area contributed by atoms with Crippen LogP contribution in [-0.4, -0.2) is 57.3 Å². The molecule has 3 N–H and O–H groups in total. The van der Waals surface area contributed by atoms with Gasteiger partial charge in [0.15, 0.2) is 11.9 Å². The van der Waals surface area contributed by atoms with Crippen LogP contribution >= 0.6 is 0 Å². The molecule has 0 bridgehead atoms. The highest BCUT2D eigenvalue weighted by molar-refractivity contribution is 5.98. The summed E-state index contributed by atoms with van der Waals surface area (Å²) in [6.07, 6.45) is -10.8. The van der Waals surface area contributed by atoms with E-state index in [1.165, 1.54) is 25.0 Å². The summed E-state index contributed by atoms with van der Waals surface area (Å²) in [6.45, 7) is 2.01. The number of hydrogen-bond donors (Lipinski definition) is 3. The number of nitrogens with one attached hydrogen (secondary N) is 3. The molecule has 1 saturated heterocycles. The van der Waals surface area contributed by atoms with Crippen molar-refractivity contribution in [2.45, 2.75) is 50.4 Å². The Hall–Kier alpha value is -2.94. The van der Waals surface area contributed by atoms with Crippen LogP contribution in [0.2, 0.25) is 0 Å². The highest BCUT2D eigenvalue weighted by Crippen LogP contribution is 2.33. The van der Waals surface area contributed by atoms with Gasteiger partial charge in [0.1, 0.15) is 23.9 Å². The Morgan fingerprint density at radius 2 is 1.88 bits per heavy atom. The molecule has 182 valence electrons. The molecule has 2 aromatic rings. The third-order valence-corrected chi connectivity index (χ3v) is 4.93. The van der Waals surface area contributed by atoms with E-state index in [1.54, 1.807) is 0 Å². The van der Waals surface area contributed by atoms with Crippen molar-refractivity contribution < 1.29 is 40.3 Å². The minimum Gasteiger partial charge on any atom is -0.480 e. The summed E-state index contributed by atoms with van der Waals surface area (Å²) in [5.41, 5.74) is 3.26. The molecule has 2 heterocycles. The lowest BCUT2D eigenvalue weighted by molar-refractivity contribution is -0.189. The standard InChI is InChI=1S/C18H19F7N6O2/c1-7-13(14(29-28-7)18(23,24)25)27-16(32)10-4-11(19)9(15-26-6-31(3)30-15)5-12(10)33-8(2)17(20,21)22/h4-8,13-14,28-29H,1-3H3,(H,27,32)/t7?,8-,13?,14?/m0/s1. The number of nitrogens with zero attached hydrogens (tertiary/aromatic N) is 3. The van der Waals surface area contributed by atoms with Gasteiger partial charge in [0.05, 0.1) is 17.2 Å². The molecule has 3 rings (SSSR count). The maximum atomic E-state index is 14.8. The molecule has 1 fully saturated rings. The number of alkyl halides is 6. The van der Waals surface area contributed by atoms with Crippen molar-refractivity contribution in [2.24, 2.45) is 7.05 Å². The lowest BCUT2D eigenvalue weighted by atomic mass is 10.0. The van der Waals surface area contributed by atoms with Crippen LogP contribution < -0.4 is 20.9 Å². The number of halogens is 7. The van der Waals surface area contributed by atoms with Gasteiger partial charge in [-0.1, -0.05) is 0 Å². The molecule has 15 heteroatoms. The van der Waals surface area contributed by atoms with Gasteiger partial charge in [-0.15, -0.1) is 0 Å². The quantitative estimate of drug-likeness (QED) is 0.565. The van der Waals surface area contributed by atoms with Crippen molar-refractivity contribution >= 4 is 5.91 Å². The largest absolute Gasteiger partial charge is 0.480 e. The second-order valence-corrected chi connectivity index (χ2v) is 7.47. The fourth-order valence-corrected chi connectivity index (χ4v) is 3.13. The molecule has 0 spiro atoms. The molecule has 1 amide bonds. The Labute approximate surface area is 182 Å². The highest BCUT2D eigenvalue weighted by atomic mass is 19.4. The Morgan fingerprint density at radius 1 is 1.21 bits per heavy atom. The molecule has 0 aliphatic carbocycles. The van der Waals surface area contributed by atoms with Crippen LogP contribution in [0.25, 0.3) is 11.4 Å². The Kier molecular flexibility index (Phi) is 6.57. The molecule has 33 heavy (non-hydrogen) atoms. The molecular formula is C18H19F7N6O2. The Bertz CT molecular complexity index is 1020. The van der Waals surface area contributed by atoms with Crippen molar-refractivity contribution in [3.63, 3.8) is 0 Å². The minimum atomic E-state index is -4.83. The summed E-state index contributed by atoms with van der Waals surface area (Å²) in [5.74, 6) is -3.23. The summed E-state index contributed by atoms with van der Waals surface area (Å²) < 4.78 is 99.8. The zero-order valence-electron chi connectivity index (χ0n) is 17.3. The van der Waals surface area contributed by atoms with E-state index >= 15 is 0 Å². The lowest BCUT2D eigenvalue weighted by Gasteiger charge is -2.25. The van der Waals surface area contributed by atoms with Gasteiger partial charge in [0.2, 0.25) is 0 Å². The first-order valence-corrected chi connectivity index (χ1v) is 9.50. The summed E-state index contributed by atoms with van der Waals surface area (Å²) in [4.78, 5) is 16.6. The third kappa shape index (κ3) is 5.35. The molecule has 3 unspecified atom stereocenters. The van der Waals surface area contributed by atoms with E-state index in [-0.39, 0.29) is 11.4 Å². The molecule has 1 aromatic heterocycles. The van der Waals surface area contributed by atoms with E-state index < -0.39 is 59.6 Å². The fraction of sp³-hybridized carbons (Fsp3) is 0.500. The van der Waals surface area contributed by atoms with Crippen LogP contribution in [0.1, 0.15) is 24.2 Å². The number of amides is 1. The van der Waals surface area contributed by atoms with Crippen molar-refractivity contribution in [3.8, 4) is 17.1 Å². The van der Waals surface area contributed by atoms with Gasteiger partial charge >= 0.3 is 12.4 Å². The molecule has 1 aromatic carbocycles. The second kappa shape index (κ2) is 8.78. The maximum absolute atomic E-state index is 14.8. The van der Waals surface area contributed by atoms with E-state index in [2.05, 4.69) is 20.8 Å². The first-order valence-electron chi connectivity index (χ1n) is 9.50. The summed E-state index contributed by atoms with van der Waals surface area (Å²) >= 11 is 0. The number of hydrogen-bond acceptors (Lipinski definition) is 6. The first kappa shape index (κ1) is 24.7. The summed E-state index contributed by atoms with van der Waals surface area (Å²) in [6, 6.07) is -3.25. The molecule has 4 atom stereocenters. The average molecular weight is 484 g/mol. The number of rotatable bonds is 5. The normalized spacial score (nSPS) is 22.3. The summed E-state index contributed by atoms with van der Waals surface area (Å²) in [5, 5.41) is 5.96. The summed E-state index contributed by atoms with van der Waals surface area (Å²) in [7, 11) is 1.47. The topological polar surface area (TPSA) is 93.1 Å². The number of carbonyl (C=O) groups excluding carboxylic acids is 1. The maximum Gasteiger partial charge on any atom is 0.425 e. The molecule has 1 aliphatic heterocycles. The van der Waals surface area contributed by atoms with Crippen LogP contribution in [0.15, 0.2) is 18.5 Å². The zero-order valence-corrected chi connectivity index (χ0v) is 17.3. The highest BCUT2D eigenvalue weighted by Gasteiger charge is 2.51. The minimum absolute atomic E-state index is 0.193. The Morgan fingerprint density at radius 3 is 2.42 bits per heavy atom. The number of benzene rings is 1. The van der Waals surface area contributed by atoms with Crippen molar-refractivity contribution in [1.82, 2.24) is 30.9 Å². The lowest BCUT2D eigenvalue weighted by Crippen LogP contribution is -2.53. The van der Waals surface area contributed by atoms with Crippen LogP contribution in [-0.2, 0) is 7.05 Å². The fourth-order valence-electron chi connectivity index (χ4n) is 3.13. The predicted octanol–water partition coefficient (Wildman–Crippen LogP) is 2.48. The van der Waals surface area contributed by atoms with Crippen molar-refractivity contribution in [1.29, 1.82) is 0 Å². The number of ether oxygens (including phenoxy) is 1. The molecule has 1 aliphatic rings. The van der Waals surface area contributed by atoms with Crippen LogP contribution in [0, 0.1) is 5.82 Å². The smallest absolute Gasteiger partial charge is 0.425 e. The van der Waals surface area contributed by atoms with Gasteiger partial charge in [-0.25, -0.2) is 14.8 Å². The molecule has 0 saturated carbocycles. The van der Waals surface area contributed by atoms with Gasteiger partial charge in [-0.3, -0.25) is 14.9 Å². The van der Waals surface area contributed by atoms with Crippen LogP contribution in [0.4, 0.5) is 30.7 Å². The predicted molar refractivity (Wildman–Crippen MR) is 99.4 cm³/mol. The molecular weight excluding hydrogens is 465 g/mol. The average Bonchev–Trinajstić information content (AvgIpc) is 3.27. The Balaban J connectivity index is 2.00. The second-order valence-electron chi connectivity index (χ2n) is 7.47. The van der Waals surface area contributed by atoms with Gasteiger partial charge < -0.3 is 10.1 Å². The van der Waals surface area contributed by atoms with Crippen LogP contribution in [0.3, 0.4) is 0 Å². The monoisotopic (exact) mass is 484 g/mol. The van der Waals surface area contributed by atoms with Gasteiger partial charge in [0, 0.05) is 13.1 Å². The third-order valence-electron chi connectivity index (χ3n) is 4.93. The van der Waals surface area contributed by atoms with E-state index in [0.717, 1.165) is 6.07 Å². The molecule has 0 radical (unpaired) electrons. The van der Waals surface area contributed by atoms with Crippen molar-refractivity contribution in [3.05, 3.63) is 29.8 Å². The zero-order chi connectivity index (χ0) is 24.7. The van der Waals surface area contributed by atoms with E-state index in [9.17, 15) is 35.5 Å². The SMILES string of the molecule is CC1NNC(C(F)(F)F)C1NC(=O)c1cc(F)c(-c2ncn(C)n2)cc1O[C@@H](C)C(F)(F)F. The number of hydrazine groups is 1. The van der Waals surface area contributed by atoms with E-state index in [4.69, 9.17) is 4.74 Å².